The van der Waals surface area contributed by atoms with E-state index in [0.717, 1.165) is 17.3 Å². The van der Waals surface area contributed by atoms with Gasteiger partial charge in [-0.15, -0.1) is 10.2 Å². The van der Waals surface area contributed by atoms with Crippen molar-refractivity contribution < 1.29 is 14.0 Å². The molecule has 10 nitrogen and oxygen atoms in total. The second-order valence-corrected chi connectivity index (χ2v) is 9.08. The molecule has 11 heteroatoms. The highest BCUT2D eigenvalue weighted by Gasteiger charge is 2.19. The first-order chi connectivity index (χ1) is 16.9. The van der Waals surface area contributed by atoms with Crippen LogP contribution >= 0.6 is 11.8 Å². The molecule has 0 radical (unpaired) electrons. The molecular weight excluding hydrogens is 468 g/mol. The van der Waals surface area contributed by atoms with Crippen molar-refractivity contribution >= 4 is 34.5 Å². The van der Waals surface area contributed by atoms with E-state index in [1.165, 1.54) is 4.68 Å². The normalized spacial score (nSPS) is 11.1. The summed E-state index contributed by atoms with van der Waals surface area (Å²) >= 11 is 0.997. The van der Waals surface area contributed by atoms with E-state index in [-0.39, 0.29) is 34.9 Å². The van der Waals surface area contributed by atoms with Crippen LogP contribution in [0.15, 0.2) is 69.0 Å². The first-order valence-corrected chi connectivity index (χ1v) is 12.0. The Morgan fingerprint density at radius 2 is 1.74 bits per heavy atom. The van der Waals surface area contributed by atoms with E-state index in [0.29, 0.717) is 23.0 Å². The summed E-state index contributed by atoms with van der Waals surface area (Å²) in [6, 6.07) is 16.1. The van der Waals surface area contributed by atoms with Gasteiger partial charge < -0.3 is 9.73 Å². The molecule has 2 N–H and O–H groups in total. The molecule has 3 amide bonds. The smallest absolute Gasteiger partial charge is 0.321 e. The fourth-order valence-electron chi connectivity index (χ4n) is 3.25. The molecule has 2 aromatic heterocycles. The number of nitrogens with zero attached hydrogens (tertiary/aromatic N) is 4. The zero-order valence-corrected chi connectivity index (χ0v) is 20.0. The lowest BCUT2D eigenvalue weighted by Gasteiger charge is -2.09. The number of rotatable bonds is 8. The number of aromatic nitrogens is 4. The minimum Gasteiger partial charge on any atom is -0.409 e. The van der Waals surface area contributed by atoms with Crippen molar-refractivity contribution in [2.45, 2.75) is 25.6 Å². The molecule has 2 aromatic carbocycles. The first kappa shape index (κ1) is 24.1. The summed E-state index contributed by atoms with van der Waals surface area (Å²) in [5.41, 5.74) is 1.07. The van der Waals surface area contributed by atoms with Crippen LogP contribution in [-0.4, -0.2) is 44.2 Å². The Morgan fingerprint density at radius 1 is 1.03 bits per heavy atom. The number of amides is 3. The van der Waals surface area contributed by atoms with Crippen molar-refractivity contribution in [2.24, 2.45) is 5.92 Å². The lowest BCUT2D eigenvalue weighted by Crippen LogP contribution is -2.41. The monoisotopic (exact) mass is 492 g/mol. The van der Waals surface area contributed by atoms with E-state index >= 15 is 0 Å². The Balaban J connectivity index is 1.52. The predicted molar refractivity (Wildman–Crippen MR) is 132 cm³/mol. The number of fused-ring (bicyclic) bond motifs is 1. The summed E-state index contributed by atoms with van der Waals surface area (Å²) in [6.45, 7) is 4.66. The second-order valence-electron chi connectivity index (χ2n) is 8.16. The van der Waals surface area contributed by atoms with Gasteiger partial charge in [-0.2, -0.15) is 5.10 Å². The van der Waals surface area contributed by atoms with E-state index in [1.807, 2.05) is 44.2 Å². The summed E-state index contributed by atoms with van der Waals surface area (Å²) < 4.78 is 7.11. The molecule has 0 saturated heterocycles. The highest BCUT2D eigenvalue weighted by Crippen LogP contribution is 2.26. The Labute approximate surface area is 205 Å². The SMILES string of the molecule is CC(C)CNC(=O)NC(=O)CSc1nnc(-c2nn(Cc3ccccc3)c(=O)c3ccccc23)o1. The number of carbonyl (C=O) groups is 2. The van der Waals surface area contributed by atoms with Crippen LogP contribution in [0, 0.1) is 5.92 Å². The zero-order chi connectivity index (χ0) is 24.8. The molecule has 0 aliphatic heterocycles. The highest BCUT2D eigenvalue weighted by atomic mass is 32.2. The molecular formula is C24H24N6O4S. The summed E-state index contributed by atoms with van der Waals surface area (Å²) in [5, 5.41) is 18.7. The number of nitrogens with one attached hydrogen (secondary N) is 2. The van der Waals surface area contributed by atoms with Gasteiger partial charge in [-0.25, -0.2) is 9.48 Å². The van der Waals surface area contributed by atoms with Crippen LogP contribution in [-0.2, 0) is 11.3 Å². The Morgan fingerprint density at radius 3 is 2.49 bits per heavy atom. The summed E-state index contributed by atoms with van der Waals surface area (Å²) in [4.78, 5) is 36.8. The average Bonchev–Trinajstić information content (AvgIpc) is 3.33. The molecule has 4 aromatic rings. The molecule has 0 fully saturated rings. The third-order valence-electron chi connectivity index (χ3n) is 4.90. The lowest BCUT2D eigenvalue weighted by molar-refractivity contribution is -0.117. The van der Waals surface area contributed by atoms with Crippen LogP contribution in [0.2, 0.25) is 0 Å². The molecule has 0 aliphatic rings. The zero-order valence-electron chi connectivity index (χ0n) is 19.2. The quantitative estimate of drug-likeness (QED) is 0.359. The largest absolute Gasteiger partial charge is 0.409 e. The van der Waals surface area contributed by atoms with E-state index in [9.17, 15) is 14.4 Å². The maximum absolute atomic E-state index is 13.0. The minimum absolute atomic E-state index is 0.0849. The van der Waals surface area contributed by atoms with Gasteiger partial charge in [-0.05, 0) is 17.5 Å². The van der Waals surface area contributed by atoms with E-state index in [4.69, 9.17) is 4.42 Å². The van der Waals surface area contributed by atoms with Gasteiger partial charge in [0.15, 0.2) is 5.69 Å². The maximum atomic E-state index is 13.0. The number of hydrogen-bond acceptors (Lipinski definition) is 8. The molecule has 0 saturated carbocycles. The predicted octanol–water partition coefficient (Wildman–Crippen LogP) is 3.07. The molecule has 4 rings (SSSR count). The highest BCUT2D eigenvalue weighted by molar-refractivity contribution is 7.99. The van der Waals surface area contributed by atoms with E-state index in [1.54, 1.807) is 24.3 Å². The summed E-state index contributed by atoms with van der Waals surface area (Å²) in [7, 11) is 0. The molecule has 0 atom stereocenters. The summed E-state index contributed by atoms with van der Waals surface area (Å²) in [5.74, 6) is -0.177. The fourth-order valence-corrected chi connectivity index (χ4v) is 3.81. The number of carbonyl (C=O) groups excluding carboxylic acids is 2. The van der Waals surface area contributed by atoms with Crippen molar-refractivity contribution in [1.82, 2.24) is 30.6 Å². The average molecular weight is 493 g/mol. The van der Waals surface area contributed by atoms with Crippen molar-refractivity contribution in [3.8, 4) is 11.6 Å². The van der Waals surface area contributed by atoms with Crippen LogP contribution in [0.25, 0.3) is 22.4 Å². The van der Waals surface area contributed by atoms with E-state index in [2.05, 4.69) is 25.9 Å². The minimum atomic E-state index is -0.549. The first-order valence-electron chi connectivity index (χ1n) is 11.0. The number of imide groups is 1. The maximum Gasteiger partial charge on any atom is 0.321 e. The molecule has 35 heavy (non-hydrogen) atoms. The van der Waals surface area contributed by atoms with Gasteiger partial charge in [-0.1, -0.05) is 74.1 Å². The van der Waals surface area contributed by atoms with Crippen LogP contribution in [0.4, 0.5) is 4.79 Å². The van der Waals surface area contributed by atoms with Gasteiger partial charge in [0.25, 0.3) is 16.7 Å². The Hall–Kier alpha value is -3.99. The van der Waals surface area contributed by atoms with Crippen LogP contribution < -0.4 is 16.2 Å². The van der Waals surface area contributed by atoms with E-state index < -0.39 is 11.9 Å². The molecule has 0 spiro atoms. The van der Waals surface area contributed by atoms with Gasteiger partial charge in [0.2, 0.25) is 5.91 Å². The van der Waals surface area contributed by atoms with Crippen molar-refractivity contribution in [1.29, 1.82) is 0 Å². The molecule has 0 aliphatic carbocycles. The van der Waals surface area contributed by atoms with Gasteiger partial charge in [0.05, 0.1) is 17.7 Å². The number of benzene rings is 2. The van der Waals surface area contributed by atoms with Crippen LogP contribution in [0.3, 0.4) is 0 Å². The fraction of sp³-hybridized carbons (Fsp3) is 0.250. The van der Waals surface area contributed by atoms with Gasteiger partial charge in [0.1, 0.15) is 0 Å². The Kier molecular flexibility index (Phi) is 7.56. The van der Waals surface area contributed by atoms with Crippen molar-refractivity contribution in [2.75, 3.05) is 12.3 Å². The number of urea groups is 1. The van der Waals surface area contributed by atoms with Crippen molar-refractivity contribution in [3.05, 3.63) is 70.5 Å². The third-order valence-corrected chi connectivity index (χ3v) is 5.72. The van der Waals surface area contributed by atoms with Gasteiger partial charge in [0, 0.05) is 11.9 Å². The third kappa shape index (κ3) is 6.12. The summed E-state index contributed by atoms with van der Waals surface area (Å²) in [6.07, 6.45) is 0. The van der Waals surface area contributed by atoms with Crippen molar-refractivity contribution in [3.63, 3.8) is 0 Å². The van der Waals surface area contributed by atoms with Gasteiger partial charge >= 0.3 is 6.03 Å². The molecule has 2 heterocycles. The lowest BCUT2D eigenvalue weighted by atomic mass is 10.1. The van der Waals surface area contributed by atoms with Crippen LogP contribution in [0.5, 0.6) is 0 Å². The number of hydrogen-bond donors (Lipinski definition) is 2. The molecule has 0 unspecified atom stereocenters. The standard InChI is InChI=1S/C24H24N6O4S/c1-15(2)12-25-23(33)26-19(31)14-35-24-28-27-21(34-24)20-17-10-6-7-11-18(17)22(32)30(29-20)13-16-8-4-3-5-9-16/h3-11,15H,12-14H2,1-2H3,(H2,25,26,31,33). The van der Waals surface area contributed by atoms with Gasteiger partial charge in [-0.3, -0.25) is 14.9 Å². The molecule has 0 bridgehead atoms. The topological polar surface area (TPSA) is 132 Å². The van der Waals surface area contributed by atoms with Crippen LogP contribution in [0.1, 0.15) is 19.4 Å². The number of thioether (sulfide) groups is 1. The second kappa shape index (κ2) is 11.0. The Bertz CT molecular complexity index is 1400. The molecule has 180 valence electrons.